The normalized spacial score (nSPS) is 12.4. The van der Waals surface area contributed by atoms with Gasteiger partial charge in [-0.2, -0.15) is 0 Å². The number of rotatable bonds is 9. The fourth-order valence-electron chi connectivity index (χ4n) is 3.77. The molecule has 0 bridgehead atoms. The average Bonchev–Trinajstić information content (AvgIpc) is 2.88. The van der Waals surface area contributed by atoms with Crippen LogP contribution in [0.4, 0.5) is 11.4 Å². The van der Waals surface area contributed by atoms with Crippen LogP contribution >= 0.6 is 0 Å². The summed E-state index contributed by atoms with van der Waals surface area (Å²) in [6.45, 7) is 0. The first-order valence-electron chi connectivity index (χ1n) is 10.7. The molecule has 0 spiro atoms. The molecule has 162 valence electrons. The monoisotopic (exact) mass is 424 g/mol. The molecule has 0 fully saturated rings. The van der Waals surface area contributed by atoms with Gasteiger partial charge in [0.25, 0.3) is 0 Å². The number of anilines is 2. The summed E-state index contributed by atoms with van der Waals surface area (Å²) in [6.07, 6.45) is 0. The molecule has 4 aromatic carbocycles. The minimum absolute atomic E-state index is 0.0194. The highest BCUT2D eigenvalue weighted by atomic mass is 16.5. The van der Waals surface area contributed by atoms with E-state index in [0.29, 0.717) is 0 Å². The van der Waals surface area contributed by atoms with Crippen LogP contribution in [0.3, 0.4) is 0 Å². The van der Waals surface area contributed by atoms with E-state index >= 15 is 0 Å². The van der Waals surface area contributed by atoms with Crippen LogP contribution in [-0.2, 0) is 0 Å². The summed E-state index contributed by atoms with van der Waals surface area (Å²) < 4.78 is 10.6. The summed E-state index contributed by atoms with van der Waals surface area (Å²) >= 11 is 0. The lowest BCUT2D eigenvalue weighted by atomic mass is 9.92. The van der Waals surface area contributed by atoms with Crippen molar-refractivity contribution < 1.29 is 9.47 Å². The van der Waals surface area contributed by atoms with Crippen LogP contribution in [-0.4, -0.2) is 14.2 Å². The van der Waals surface area contributed by atoms with E-state index in [-0.39, 0.29) is 12.1 Å². The smallest absolute Gasteiger partial charge is 0.119 e. The van der Waals surface area contributed by atoms with Crippen molar-refractivity contribution in [2.75, 3.05) is 24.9 Å². The third-order valence-corrected chi connectivity index (χ3v) is 5.48. The lowest BCUT2D eigenvalue weighted by Gasteiger charge is -2.31. The first-order valence-corrected chi connectivity index (χ1v) is 10.7. The molecule has 0 saturated carbocycles. The van der Waals surface area contributed by atoms with Crippen molar-refractivity contribution in [3.63, 3.8) is 0 Å². The highest BCUT2D eigenvalue weighted by molar-refractivity contribution is 5.53. The van der Waals surface area contributed by atoms with Crippen LogP contribution in [0.5, 0.6) is 11.5 Å². The Hall–Kier alpha value is -3.92. The van der Waals surface area contributed by atoms with Gasteiger partial charge in [0, 0.05) is 11.4 Å². The van der Waals surface area contributed by atoms with Gasteiger partial charge in [0.15, 0.2) is 0 Å². The van der Waals surface area contributed by atoms with Gasteiger partial charge in [-0.3, -0.25) is 0 Å². The predicted octanol–water partition coefficient (Wildman–Crippen LogP) is 6.71. The molecule has 0 unspecified atom stereocenters. The molecule has 0 amide bonds. The fourth-order valence-corrected chi connectivity index (χ4v) is 3.77. The number of hydrogen-bond donors (Lipinski definition) is 2. The lowest BCUT2D eigenvalue weighted by molar-refractivity contribution is 0.414. The Morgan fingerprint density at radius 2 is 0.812 bits per heavy atom. The first kappa shape index (κ1) is 21.3. The molecule has 0 aliphatic heterocycles. The second kappa shape index (κ2) is 10.4. The predicted molar refractivity (Wildman–Crippen MR) is 132 cm³/mol. The lowest BCUT2D eigenvalue weighted by Crippen LogP contribution is -2.25. The van der Waals surface area contributed by atoms with Crippen LogP contribution in [0.1, 0.15) is 23.2 Å². The van der Waals surface area contributed by atoms with E-state index in [4.69, 9.17) is 9.47 Å². The van der Waals surface area contributed by atoms with Crippen molar-refractivity contribution in [2.45, 2.75) is 12.1 Å². The zero-order chi connectivity index (χ0) is 22.2. The molecule has 0 radical (unpaired) electrons. The van der Waals surface area contributed by atoms with E-state index in [9.17, 15) is 0 Å². The Labute approximate surface area is 189 Å². The van der Waals surface area contributed by atoms with Crippen molar-refractivity contribution in [1.82, 2.24) is 0 Å². The first-order chi connectivity index (χ1) is 15.8. The van der Waals surface area contributed by atoms with Crippen molar-refractivity contribution >= 4 is 11.4 Å². The van der Waals surface area contributed by atoms with Gasteiger partial charge in [-0.05, 0) is 59.7 Å². The Kier molecular flexibility index (Phi) is 6.93. The summed E-state index contributed by atoms with van der Waals surface area (Å²) in [4.78, 5) is 0. The topological polar surface area (TPSA) is 42.5 Å². The van der Waals surface area contributed by atoms with Gasteiger partial charge in [0.2, 0.25) is 0 Å². The van der Waals surface area contributed by atoms with Gasteiger partial charge in [-0.1, -0.05) is 60.7 Å². The second-order valence-electron chi connectivity index (χ2n) is 7.52. The molecular formula is C28H28N2O2. The van der Waals surface area contributed by atoms with E-state index in [1.807, 2.05) is 60.7 Å². The molecule has 4 nitrogen and oxygen atoms in total. The number of hydrogen-bond acceptors (Lipinski definition) is 4. The van der Waals surface area contributed by atoms with Crippen LogP contribution in [0.15, 0.2) is 109 Å². The van der Waals surface area contributed by atoms with Crippen molar-refractivity contribution in [3.05, 3.63) is 120 Å². The maximum atomic E-state index is 5.32. The molecule has 4 heteroatoms. The SMILES string of the molecule is COc1ccc(N[C@H](c2ccccc2)[C@@H](Nc2ccc(OC)cc2)c2ccccc2)cc1. The third kappa shape index (κ3) is 5.22. The molecule has 32 heavy (non-hydrogen) atoms. The third-order valence-electron chi connectivity index (χ3n) is 5.48. The van der Waals surface area contributed by atoms with Crippen molar-refractivity contribution in [3.8, 4) is 11.5 Å². The summed E-state index contributed by atoms with van der Waals surface area (Å²) in [5.74, 6) is 1.67. The van der Waals surface area contributed by atoms with Crippen LogP contribution in [0, 0.1) is 0 Å². The molecule has 2 N–H and O–H groups in total. The van der Waals surface area contributed by atoms with Gasteiger partial charge in [-0.15, -0.1) is 0 Å². The van der Waals surface area contributed by atoms with Gasteiger partial charge < -0.3 is 20.1 Å². The molecule has 0 aromatic heterocycles. The number of ether oxygens (including phenoxy) is 2. The summed E-state index contributed by atoms with van der Waals surface area (Å²) in [6, 6.07) is 37.1. The zero-order valence-electron chi connectivity index (χ0n) is 18.4. The minimum atomic E-state index is -0.0194. The van der Waals surface area contributed by atoms with Crippen LogP contribution in [0.25, 0.3) is 0 Å². The minimum Gasteiger partial charge on any atom is -0.497 e. The van der Waals surface area contributed by atoms with Gasteiger partial charge >= 0.3 is 0 Å². The largest absolute Gasteiger partial charge is 0.497 e. The highest BCUT2D eigenvalue weighted by Crippen LogP contribution is 2.35. The van der Waals surface area contributed by atoms with Gasteiger partial charge in [0.1, 0.15) is 11.5 Å². The Morgan fingerprint density at radius 3 is 1.12 bits per heavy atom. The van der Waals surface area contributed by atoms with E-state index in [0.717, 1.165) is 22.9 Å². The molecule has 0 aliphatic carbocycles. The molecule has 0 aliphatic rings. The molecule has 0 heterocycles. The highest BCUT2D eigenvalue weighted by Gasteiger charge is 2.25. The number of nitrogens with one attached hydrogen (secondary N) is 2. The van der Waals surface area contributed by atoms with E-state index in [1.165, 1.54) is 11.1 Å². The van der Waals surface area contributed by atoms with E-state index in [1.54, 1.807) is 14.2 Å². The summed E-state index contributed by atoms with van der Waals surface area (Å²) in [7, 11) is 3.36. The maximum Gasteiger partial charge on any atom is 0.119 e. The molecule has 4 aromatic rings. The standard InChI is InChI=1S/C28H28N2O2/c1-31-25-17-13-23(14-18-25)29-27(21-9-5-3-6-10-21)28(22-11-7-4-8-12-22)30-24-15-19-26(32-2)20-16-24/h3-20,27-30H,1-2H3/t27-,28+. The Bertz CT molecular complexity index is 991. The van der Waals surface area contributed by atoms with E-state index in [2.05, 4.69) is 59.2 Å². The van der Waals surface area contributed by atoms with Gasteiger partial charge in [0.05, 0.1) is 26.3 Å². The Balaban J connectivity index is 1.72. The van der Waals surface area contributed by atoms with E-state index < -0.39 is 0 Å². The van der Waals surface area contributed by atoms with Crippen molar-refractivity contribution in [1.29, 1.82) is 0 Å². The molecule has 2 atom stereocenters. The van der Waals surface area contributed by atoms with Gasteiger partial charge in [-0.25, -0.2) is 0 Å². The summed E-state index contributed by atoms with van der Waals surface area (Å²) in [5, 5.41) is 7.49. The fraction of sp³-hybridized carbons (Fsp3) is 0.143. The number of methoxy groups -OCH3 is 2. The van der Waals surface area contributed by atoms with Crippen molar-refractivity contribution in [2.24, 2.45) is 0 Å². The van der Waals surface area contributed by atoms with Crippen LogP contribution in [0.2, 0.25) is 0 Å². The average molecular weight is 425 g/mol. The Morgan fingerprint density at radius 1 is 0.469 bits per heavy atom. The molecule has 4 rings (SSSR count). The number of benzene rings is 4. The molecular weight excluding hydrogens is 396 g/mol. The van der Waals surface area contributed by atoms with Crippen LogP contribution < -0.4 is 20.1 Å². The molecule has 0 saturated heterocycles. The maximum absolute atomic E-state index is 5.32. The summed E-state index contributed by atoms with van der Waals surface area (Å²) in [5.41, 5.74) is 4.44. The quantitative estimate of drug-likeness (QED) is 0.313. The second-order valence-corrected chi connectivity index (χ2v) is 7.52. The zero-order valence-corrected chi connectivity index (χ0v) is 18.4.